The van der Waals surface area contributed by atoms with Crippen LogP contribution in [0, 0.1) is 11.3 Å². The molecule has 0 aliphatic heterocycles. The van der Waals surface area contributed by atoms with Crippen LogP contribution in [-0.4, -0.2) is 13.0 Å². The maximum absolute atomic E-state index is 13.4. The van der Waals surface area contributed by atoms with Gasteiger partial charge in [0.25, 0.3) is 0 Å². The molecule has 29 heavy (non-hydrogen) atoms. The molecule has 4 rings (SSSR count). The third-order valence-corrected chi connectivity index (χ3v) is 7.70. The summed E-state index contributed by atoms with van der Waals surface area (Å²) in [5.41, 5.74) is 3.51. The zero-order valence-corrected chi connectivity index (χ0v) is 18.3. The van der Waals surface area contributed by atoms with Gasteiger partial charge in [-0.15, -0.1) is 0 Å². The molecule has 0 bridgehead atoms. The standard InChI is InChI=1S/C25H30ClNO2/c1-24-13-4-14-25(2,23(28)27-16-17-5-9-19(26)10-6-17)22(24)12-8-18-7-11-20(29-3)15-21(18)24/h5-7,9-11,15,22H,4,8,12-14,16H2,1-3H3,(H,27,28)/t22-,24-,25+/m1/s1. The number of hydrogen-bond donors (Lipinski definition) is 1. The monoisotopic (exact) mass is 411 g/mol. The van der Waals surface area contributed by atoms with Gasteiger partial charge in [0.05, 0.1) is 12.5 Å². The summed E-state index contributed by atoms with van der Waals surface area (Å²) in [4.78, 5) is 13.4. The molecule has 2 aromatic rings. The molecule has 1 saturated carbocycles. The number of ether oxygens (including phenoxy) is 1. The van der Waals surface area contributed by atoms with Crippen LogP contribution >= 0.6 is 11.6 Å². The van der Waals surface area contributed by atoms with Crippen LogP contribution in [0.1, 0.15) is 56.2 Å². The van der Waals surface area contributed by atoms with E-state index in [1.807, 2.05) is 24.3 Å². The van der Waals surface area contributed by atoms with Gasteiger partial charge in [-0.25, -0.2) is 0 Å². The lowest BCUT2D eigenvalue weighted by Gasteiger charge is -2.54. The molecule has 0 aromatic heterocycles. The minimum atomic E-state index is -0.361. The maximum atomic E-state index is 13.4. The first-order valence-corrected chi connectivity index (χ1v) is 10.9. The molecule has 0 heterocycles. The van der Waals surface area contributed by atoms with Crippen molar-refractivity contribution in [2.45, 2.75) is 57.9 Å². The first-order valence-electron chi connectivity index (χ1n) is 10.6. The lowest BCUT2D eigenvalue weighted by molar-refractivity contribution is -0.139. The van der Waals surface area contributed by atoms with Crippen LogP contribution in [0.2, 0.25) is 5.02 Å². The van der Waals surface area contributed by atoms with E-state index < -0.39 is 0 Å². The minimum absolute atomic E-state index is 0.00668. The van der Waals surface area contributed by atoms with Crippen molar-refractivity contribution in [1.29, 1.82) is 0 Å². The van der Waals surface area contributed by atoms with E-state index in [0.717, 1.165) is 43.4 Å². The van der Waals surface area contributed by atoms with Crippen molar-refractivity contribution < 1.29 is 9.53 Å². The number of carbonyl (C=O) groups excluding carboxylic acids is 1. The summed E-state index contributed by atoms with van der Waals surface area (Å²) >= 11 is 5.98. The van der Waals surface area contributed by atoms with Gasteiger partial charge < -0.3 is 10.1 Å². The number of hydrogen-bond acceptors (Lipinski definition) is 2. The topological polar surface area (TPSA) is 38.3 Å². The molecule has 0 spiro atoms. The molecule has 1 N–H and O–H groups in total. The number of rotatable bonds is 4. The molecular weight excluding hydrogens is 382 g/mol. The van der Waals surface area contributed by atoms with Crippen molar-refractivity contribution in [2.75, 3.05) is 7.11 Å². The largest absolute Gasteiger partial charge is 0.497 e. The SMILES string of the molecule is COc1ccc2c(c1)[C@@]1(C)CCC[C@](C)(C(=O)NCc3ccc(Cl)cc3)[C@@H]1CC2. The molecule has 2 aliphatic rings. The molecule has 2 aromatic carbocycles. The van der Waals surface area contributed by atoms with Crippen LogP contribution in [0.25, 0.3) is 0 Å². The van der Waals surface area contributed by atoms with Crippen LogP contribution in [0.4, 0.5) is 0 Å². The van der Waals surface area contributed by atoms with Gasteiger partial charge >= 0.3 is 0 Å². The average Bonchev–Trinajstić information content (AvgIpc) is 2.72. The van der Waals surface area contributed by atoms with E-state index in [2.05, 4.69) is 37.4 Å². The Balaban J connectivity index is 1.59. The number of nitrogens with one attached hydrogen (secondary N) is 1. The van der Waals surface area contributed by atoms with Crippen LogP contribution in [0.5, 0.6) is 5.75 Å². The number of benzene rings is 2. The number of amides is 1. The van der Waals surface area contributed by atoms with Crippen molar-refractivity contribution in [3.05, 3.63) is 64.2 Å². The second-order valence-electron chi connectivity index (χ2n) is 9.11. The molecule has 1 fully saturated rings. The highest BCUT2D eigenvalue weighted by molar-refractivity contribution is 6.30. The van der Waals surface area contributed by atoms with Gasteiger partial charge in [-0.3, -0.25) is 4.79 Å². The van der Waals surface area contributed by atoms with Gasteiger partial charge in [-0.05, 0) is 78.0 Å². The number of carbonyl (C=O) groups is 1. The second kappa shape index (κ2) is 7.68. The third-order valence-electron chi connectivity index (χ3n) is 7.45. The zero-order chi connectivity index (χ0) is 20.6. The fourth-order valence-electron chi connectivity index (χ4n) is 5.82. The summed E-state index contributed by atoms with van der Waals surface area (Å²) in [5, 5.41) is 3.93. The summed E-state index contributed by atoms with van der Waals surface area (Å²) in [5.74, 6) is 1.41. The van der Waals surface area contributed by atoms with Gasteiger partial charge in [0.15, 0.2) is 0 Å². The fraction of sp³-hybridized carbons (Fsp3) is 0.480. The van der Waals surface area contributed by atoms with E-state index >= 15 is 0 Å². The number of aryl methyl sites for hydroxylation is 1. The molecular formula is C25H30ClNO2. The van der Waals surface area contributed by atoms with E-state index in [-0.39, 0.29) is 16.7 Å². The molecule has 3 nitrogen and oxygen atoms in total. The zero-order valence-electron chi connectivity index (χ0n) is 17.6. The third kappa shape index (κ3) is 3.54. The summed E-state index contributed by atoms with van der Waals surface area (Å²) in [6.07, 6.45) is 5.21. The van der Waals surface area contributed by atoms with Crippen LogP contribution in [0.3, 0.4) is 0 Å². The normalized spacial score (nSPS) is 28.2. The van der Waals surface area contributed by atoms with Crippen molar-refractivity contribution in [2.24, 2.45) is 11.3 Å². The van der Waals surface area contributed by atoms with E-state index in [1.165, 1.54) is 11.1 Å². The van der Waals surface area contributed by atoms with Crippen LogP contribution in [0.15, 0.2) is 42.5 Å². The lowest BCUT2D eigenvalue weighted by Crippen LogP contribution is -2.55. The van der Waals surface area contributed by atoms with E-state index in [4.69, 9.17) is 16.3 Å². The minimum Gasteiger partial charge on any atom is -0.497 e. The van der Waals surface area contributed by atoms with Crippen molar-refractivity contribution in [3.63, 3.8) is 0 Å². The van der Waals surface area contributed by atoms with Crippen molar-refractivity contribution in [1.82, 2.24) is 5.32 Å². The second-order valence-corrected chi connectivity index (χ2v) is 9.55. The highest BCUT2D eigenvalue weighted by Crippen LogP contribution is 2.57. The summed E-state index contributed by atoms with van der Waals surface area (Å²) in [6, 6.07) is 14.2. The molecule has 0 saturated heterocycles. The number of halogens is 1. The van der Waals surface area contributed by atoms with Gasteiger partial charge in [0, 0.05) is 11.6 Å². The molecule has 0 unspecified atom stereocenters. The first kappa shape index (κ1) is 20.3. The van der Waals surface area contributed by atoms with E-state index in [1.54, 1.807) is 7.11 Å². The fourth-order valence-corrected chi connectivity index (χ4v) is 5.95. The quantitative estimate of drug-likeness (QED) is 0.703. The Labute approximate surface area is 178 Å². The Morgan fingerprint density at radius 3 is 2.66 bits per heavy atom. The summed E-state index contributed by atoms with van der Waals surface area (Å²) < 4.78 is 5.51. The summed E-state index contributed by atoms with van der Waals surface area (Å²) in [6.45, 7) is 5.08. The van der Waals surface area contributed by atoms with E-state index in [0.29, 0.717) is 17.5 Å². The Hall–Kier alpha value is -2.00. The number of methoxy groups -OCH3 is 1. The molecule has 4 heteroatoms. The van der Waals surface area contributed by atoms with Gasteiger partial charge in [-0.2, -0.15) is 0 Å². The lowest BCUT2D eigenvalue weighted by atomic mass is 9.49. The van der Waals surface area contributed by atoms with Gasteiger partial charge in [0.1, 0.15) is 5.75 Å². The van der Waals surface area contributed by atoms with Crippen molar-refractivity contribution in [3.8, 4) is 5.75 Å². The van der Waals surface area contributed by atoms with Crippen molar-refractivity contribution >= 4 is 17.5 Å². The Kier molecular flexibility index (Phi) is 5.37. The maximum Gasteiger partial charge on any atom is 0.226 e. The highest BCUT2D eigenvalue weighted by atomic mass is 35.5. The van der Waals surface area contributed by atoms with Gasteiger partial charge in [-0.1, -0.05) is 50.1 Å². The number of fused-ring (bicyclic) bond motifs is 3. The molecule has 154 valence electrons. The molecule has 1 amide bonds. The smallest absolute Gasteiger partial charge is 0.226 e. The predicted octanol–water partition coefficient (Wildman–Crippen LogP) is 5.68. The average molecular weight is 412 g/mol. The van der Waals surface area contributed by atoms with Crippen LogP contribution < -0.4 is 10.1 Å². The van der Waals surface area contributed by atoms with E-state index in [9.17, 15) is 4.79 Å². The first-order chi connectivity index (χ1) is 13.9. The predicted molar refractivity (Wildman–Crippen MR) is 117 cm³/mol. The molecule has 0 radical (unpaired) electrons. The van der Waals surface area contributed by atoms with Crippen LogP contribution in [-0.2, 0) is 23.2 Å². The Bertz CT molecular complexity index is 910. The van der Waals surface area contributed by atoms with Gasteiger partial charge in [0.2, 0.25) is 5.91 Å². The molecule has 2 aliphatic carbocycles. The molecule has 3 atom stereocenters. The highest BCUT2D eigenvalue weighted by Gasteiger charge is 2.54. The Morgan fingerprint density at radius 2 is 1.93 bits per heavy atom. The summed E-state index contributed by atoms with van der Waals surface area (Å²) in [7, 11) is 1.72. The Morgan fingerprint density at radius 1 is 1.17 bits per heavy atom.